The minimum absolute atomic E-state index is 0.0342. The van der Waals surface area contributed by atoms with E-state index in [2.05, 4.69) is 13.8 Å². The van der Waals surface area contributed by atoms with E-state index in [4.69, 9.17) is 23.7 Å². The molecule has 0 aliphatic carbocycles. The fourth-order valence-electron chi connectivity index (χ4n) is 6.50. The number of carboxylic acid groups (broad SMARTS) is 3. The molecular weight excluding hydrogens is 672 g/mol. The Morgan fingerprint density at radius 3 is 2.37 bits per heavy atom. The molecule has 0 radical (unpaired) electrons. The van der Waals surface area contributed by atoms with Crippen molar-refractivity contribution in [3.63, 3.8) is 0 Å². The molecule has 1 aromatic rings. The Bertz CT molecular complexity index is 1550. The first-order chi connectivity index (χ1) is 24.6. The third kappa shape index (κ3) is 12.5. The molecule has 2 aliphatic heterocycles. The van der Waals surface area contributed by atoms with Gasteiger partial charge in [0, 0.05) is 37.0 Å². The fourth-order valence-corrected chi connectivity index (χ4v) is 6.50. The van der Waals surface area contributed by atoms with E-state index in [1.54, 1.807) is 38.2 Å². The Morgan fingerprint density at radius 2 is 1.71 bits per heavy atom. The average Bonchev–Trinajstić information content (AvgIpc) is 3.60. The number of aliphatic carboxylic acids is 2. The van der Waals surface area contributed by atoms with Crippen LogP contribution in [0.25, 0.3) is 0 Å². The van der Waals surface area contributed by atoms with Crippen LogP contribution in [0.4, 0.5) is 0 Å². The number of furan rings is 1. The van der Waals surface area contributed by atoms with Gasteiger partial charge in [-0.2, -0.15) is 0 Å². The lowest BCUT2D eigenvalue weighted by Gasteiger charge is -2.53. The molecule has 4 N–H and O–H groups in total. The summed E-state index contributed by atoms with van der Waals surface area (Å²) < 4.78 is 25.0. The largest absolute Gasteiger partial charge is 0.478 e. The summed E-state index contributed by atoms with van der Waals surface area (Å²) in [6, 6.07) is 1.13. The van der Waals surface area contributed by atoms with Crippen LogP contribution in [-0.4, -0.2) is 74.0 Å². The smallest absolute Gasteiger partial charge is 0.371 e. The van der Waals surface area contributed by atoms with Gasteiger partial charge >= 0.3 is 23.9 Å². The Morgan fingerprint density at radius 1 is 0.962 bits per heavy atom. The minimum atomic E-state index is -1.31. The summed E-state index contributed by atoms with van der Waals surface area (Å²) in [5, 5.41) is 37.9. The molecule has 12 heteroatoms. The highest BCUT2D eigenvalue weighted by Gasteiger charge is 2.54. The highest BCUT2D eigenvalue weighted by Crippen LogP contribution is 2.48. The van der Waals surface area contributed by atoms with Gasteiger partial charge in [-0.15, -0.1) is 0 Å². The van der Waals surface area contributed by atoms with Crippen molar-refractivity contribution in [2.45, 2.75) is 129 Å². The van der Waals surface area contributed by atoms with Gasteiger partial charge in [0.15, 0.2) is 5.79 Å². The number of ether oxygens (including phenoxy) is 3. The second kappa shape index (κ2) is 19.5. The molecule has 2 aliphatic rings. The second-order valence-electron chi connectivity index (χ2n) is 14.1. The summed E-state index contributed by atoms with van der Waals surface area (Å²) in [6.07, 6.45) is 18.4. The topological polar surface area (TPSA) is 190 Å². The van der Waals surface area contributed by atoms with Gasteiger partial charge in [-0.05, 0) is 57.4 Å². The Balaban J connectivity index is 1.89. The van der Waals surface area contributed by atoms with E-state index < -0.39 is 47.5 Å². The van der Waals surface area contributed by atoms with Crippen LogP contribution >= 0.6 is 0 Å². The van der Waals surface area contributed by atoms with E-state index >= 15 is 0 Å². The van der Waals surface area contributed by atoms with E-state index in [0.29, 0.717) is 37.7 Å². The summed E-state index contributed by atoms with van der Waals surface area (Å²) in [5.41, 5.74) is 0.175. The van der Waals surface area contributed by atoms with Crippen molar-refractivity contribution in [3.8, 4) is 0 Å². The maximum atomic E-state index is 13.5. The van der Waals surface area contributed by atoms with E-state index in [9.17, 15) is 34.5 Å². The van der Waals surface area contributed by atoms with Crippen LogP contribution in [0.5, 0.6) is 0 Å². The molecule has 286 valence electrons. The van der Waals surface area contributed by atoms with Crippen molar-refractivity contribution in [1.29, 1.82) is 0 Å². The van der Waals surface area contributed by atoms with E-state index in [1.807, 2.05) is 13.0 Å². The number of rotatable bonds is 18. The highest BCUT2D eigenvalue weighted by atomic mass is 16.7. The third-order valence-electron chi connectivity index (χ3n) is 9.76. The number of aliphatic hydroxyl groups excluding tert-OH is 1. The van der Waals surface area contributed by atoms with Crippen LogP contribution in [0.15, 0.2) is 76.5 Å². The van der Waals surface area contributed by atoms with Crippen molar-refractivity contribution in [3.05, 3.63) is 83.4 Å². The molecule has 3 heterocycles. The van der Waals surface area contributed by atoms with Crippen LogP contribution in [-0.2, 0) is 23.8 Å². The first kappa shape index (κ1) is 42.2. The van der Waals surface area contributed by atoms with Gasteiger partial charge in [0.05, 0.1) is 17.8 Å². The van der Waals surface area contributed by atoms with Gasteiger partial charge < -0.3 is 39.1 Å². The molecular formula is C40H54O12. The van der Waals surface area contributed by atoms with Crippen LogP contribution in [0.3, 0.4) is 0 Å². The first-order valence-corrected chi connectivity index (χ1v) is 18.0. The molecule has 12 nitrogen and oxygen atoms in total. The average molecular weight is 727 g/mol. The van der Waals surface area contributed by atoms with E-state index in [0.717, 1.165) is 62.2 Å². The fraction of sp³-hybridized carbons (Fsp3) is 0.550. The Kier molecular flexibility index (Phi) is 15.8. The van der Waals surface area contributed by atoms with Gasteiger partial charge in [0.1, 0.15) is 18.0 Å². The molecule has 0 bridgehead atoms. The molecule has 0 saturated carbocycles. The highest BCUT2D eigenvalue weighted by molar-refractivity contribution is 5.93. The molecule has 2 fully saturated rings. The van der Waals surface area contributed by atoms with Gasteiger partial charge in [0.25, 0.3) is 0 Å². The van der Waals surface area contributed by atoms with Crippen LogP contribution < -0.4 is 0 Å². The molecule has 0 amide bonds. The van der Waals surface area contributed by atoms with Crippen molar-refractivity contribution in [1.82, 2.24) is 0 Å². The number of hydrogen-bond donors (Lipinski definition) is 4. The maximum Gasteiger partial charge on any atom is 0.371 e. The number of aromatic carboxylic acids is 1. The molecule has 52 heavy (non-hydrogen) atoms. The van der Waals surface area contributed by atoms with Gasteiger partial charge in [-0.1, -0.05) is 82.1 Å². The molecule has 3 rings (SSSR count). The van der Waals surface area contributed by atoms with Gasteiger partial charge in [0.2, 0.25) is 5.76 Å². The maximum absolute atomic E-state index is 13.5. The summed E-state index contributed by atoms with van der Waals surface area (Å²) in [6.45, 7) is 9.52. The lowest BCUT2D eigenvalue weighted by Crippen LogP contribution is -2.59. The molecule has 1 aromatic heterocycles. The number of carboxylic acids is 3. The van der Waals surface area contributed by atoms with Crippen molar-refractivity contribution >= 4 is 23.9 Å². The quantitative estimate of drug-likeness (QED) is 0.0501. The summed E-state index contributed by atoms with van der Waals surface area (Å²) in [4.78, 5) is 47.2. The minimum Gasteiger partial charge on any atom is -0.478 e. The summed E-state index contributed by atoms with van der Waals surface area (Å²) >= 11 is 0. The number of aliphatic hydroxyl groups is 1. The number of esters is 1. The van der Waals surface area contributed by atoms with E-state index in [1.165, 1.54) is 6.08 Å². The zero-order chi connectivity index (χ0) is 38.5. The molecule has 2 saturated heterocycles. The van der Waals surface area contributed by atoms with Gasteiger partial charge in [-0.25, -0.2) is 19.2 Å². The lowest BCUT2D eigenvalue weighted by molar-refractivity contribution is -0.343. The second-order valence-corrected chi connectivity index (χ2v) is 14.1. The predicted octanol–water partition coefficient (Wildman–Crippen LogP) is 7.65. The monoisotopic (exact) mass is 726 g/mol. The number of carbonyl (C=O) groups excluding carboxylic acids is 1. The number of allylic oxidation sites excluding steroid dienone is 4. The SMILES string of the molecule is CCCCCC[C@@]1(OC(=O)c2coc(C(=O)O)c2)CC[C@]2(CC[C@H](C)[C@@H](CC=C(C)C=C[C@H](O)[C@@H](C)C=CC(=O)O)O2)O[C@H]1C=CC(C)=CC(=O)O. The van der Waals surface area contributed by atoms with Crippen LogP contribution in [0, 0.1) is 11.8 Å². The molecule has 1 spiro atoms. The van der Waals surface area contributed by atoms with Crippen LogP contribution in [0.1, 0.15) is 120 Å². The predicted molar refractivity (Wildman–Crippen MR) is 193 cm³/mol. The zero-order valence-electron chi connectivity index (χ0n) is 30.8. The number of carbonyl (C=O) groups is 4. The Labute approximate surface area is 305 Å². The molecule has 0 unspecified atom stereocenters. The lowest BCUT2D eigenvalue weighted by atomic mass is 9.78. The standard InChI is InChI=1S/C40H54O12/c1-6-7-8-9-19-39(52-38(48)30-24-33(37(46)47)49-25-30)21-22-40(51-34(39)16-12-27(3)23-36(44)45)20-18-29(5)32(50-40)15-11-26(2)10-14-31(41)28(4)13-17-35(42)43/h10-14,16-17,23-25,28-29,31-32,34,41H,6-9,15,18-22H2,1-5H3,(H,42,43)(H,44,45)(H,46,47)/t28-,29-,31-,32+,34-,39+,40-/m0/s1. The van der Waals surface area contributed by atoms with Gasteiger partial charge in [-0.3, -0.25) is 0 Å². The molecule has 0 aromatic carbocycles. The zero-order valence-corrected chi connectivity index (χ0v) is 30.8. The Hall–Kier alpha value is -4.26. The van der Waals surface area contributed by atoms with Crippen molar-refractivity contribution < 1.29 is 58.2 Å². The summed E-state index contributed by atoms with van der Waals surface area (Å²) in [7, 11) is 0. The summed E-state index contributed by atoms with van der Waals surface area (Å²) in [5.74, 6) is -5.79. The number of unbranched alkanes of at least 4 members (excludes halogenated alkanes) is 3. The third-order valence-corrected chi connectivity index (χ3v) is 9.76. The van der Waals surface area contributed by atoms with Crippen LogP contribution in [0.2, 0.25) is 0 Å². The van der Waals surface area contributed by atoms with Crippen molar-refractivity contribution in [2.75, 3.05) is 0 Å². The first-order valence-electron chi connectivity index (χ1n) is 18.0. The normalized spacial score (nSPS) is 27.0. The van der Waals surface area contributed by atoms with Crippen molar-refractivity contribution in [2.24, 2.45) is 11.8 Å². The van der Waals surface area contributed by atoms with E-state index in [-0.39, 0.29) is 29.3 Å². The molecule has 7 atom stereocenters. The number of hydrogen-bond acceptors (Lipinski definition) is 9.